The number of nitrogens with zero attached hydrogens (tertiary/aromatic N) is 4. The summed E-state index contributed by atoms with van der Waals surface area (Å²) in [4.78, 5) is 24.5. The molecule has 8 heteroatoms. The zero-order valence-corrected chi connectivity index (χ0v) is 21.1. The zero-order chi connectivity index (χ0) is 24.1. The molecule has 1 spiro atoms. The predicted molar refractivity (Wildman–Crippen MR) is 133 cm³/mol. The first-order valence-corrected chi connectivity index (χ1v) is 14.0. The van der Waals surface area contributed by atoms with Gasteiger partial charge in [0.15, 0.2) is 9.84 Å². The van der Waals surface area contributed by atoms with Gasteiger partial charge in [-0.2, -0.15) is 0 Å². The molecule has 1 aliphatic heterocycles. The van der Waals surface area contributed by atoms with Gasteiger partial charge >= 0.3 is 6.03 Å². The Morgan fingerprint density at radius 1 is 1.03 bits per heavy atom. The van der Waals surface area contributed by atoms with E-state index in [2.05, 4.69) is 59.2 Å². The molecular formula is C26H34N4O3S. The Morgan fingerprint density at radius 2 is 1.71 bits per heavy atom. The summed E-state index contributed by atoms with van der Waals surface area (Å²) in [5.74, 6) is 1.12. The van der Waals surface area contributed by atoms with Gasteiger partial charge in [-0.15, -0.1) is 0 Å². The van der Waals surface area contributed by atoms with Gasteiger partial charge in [0.2, 0.25) is 0 Å². The molecule has 2 aliphatic carbocycles. The van der Waals surface area contributed by atoms with E-state index in [0.717, 1.165) is 32.2 Å². The number of amides is 2. The lowest BCUT2D eigenvalue weighted by atomic mass is 9.68. The Labute approximate surface area is 202 Å². The molecule has 0 atom stereocenters. The Hall–Kier alpha value is -2.45. The molecule has 5 rings (SSSR count). The number of benzene rings is 1. The number of rotatable bonds is 6. The molecule has 0 radical (unpaired) electrons. The first-order valence-electron chi connectivity index (χ1n) is 12.1. The molecular weight excluding hydrogens is 448 g/mol. The largest absolute Gasteiger partial charge is 0.326 e. The Kier molecular flexibility index (Phi) is 5.72. The topological polar surface area (TPSA) is 73.8 Å². The average Bonchev–Trinajstić information content (AvgIpc) is 3.61. The van der Waals surface area contributed by atoms with Gasteiger partial charge in [-0.3, -0.25) is 9.80 Å². The van der Waals surface area contributed by atoms with Crippen molar-refractivity contribution in [2.24, 2.45) is 5.92 Å². The molecule has 0 unspecified atom stereocenters. The van der Waals surface area contributed by atoms with Crippen LogP contribution in [0.4, 0.5) is 10.6 Å². The summed E-state index contributed by atoms with van der Waals surface area (Å²) in [6, 6.07) is 13.9. The van der Waals surface area contributed by atoms with Crippen molar-refractivity contribution in [2.75, 3.05) is 38.3 Å². The highest BCUT2D eigenvalue weighted by molar-refractivity contribution is 7.90. The van der Waals surface area contributed by atoms with E-state index in [0.29, 0.717) is 18.3 Å². The van der Waals surface area contributed by atoms with E-state index in [1.54, 1.807) is 17.0 Å². The van der Waals surface area contributed by atoms with E-state index < -0.39 is 9.84 Å². The van der Waals surface area contributed by atoms with Gasteiger partial charge < -0.3 is 4.90 Å². The first kappa shape index (κ1) is 23.3. The fourth-order valence-electron chi connectivity index (χ4n) is 5.86. The second-order valence-corrected chi connectivity index (χ2v) is 12.6. The van der Waals surface area contributed by atoms with Crippen molar-refractivity contribution < 1.29 is 13.2 Å². The smallest absolute Gasteiger partial charge is 0.317 e. The van der Waals surface area contributed by atoms with Crippen LogP contribution in [-0.2, 0) is 15.4 Å². The number of aromatic nitrogens is 1. The quantitative estimate of drug-likeness (QED) is 0.624. The van der Waals surface area contributed by atoms with Crippen molar-refractivity contribution >= 4 is 21.7 Å². The summed E-state index contributed by atoms with van der Waals surface area (Å²) in [6.45, 7) is 1.40. The third-order valence-corrected chi connectivity index (χ3v) is 9.32. The molecule has 1 aromatic heterocycles. The molecule has 0 bridgehead atoms. The lowest BCUT2D eigenvalue weighted by Crippen LogP contribution is -2.55. The number of pyridine rings is 1. The van der Waals surface area contributed by atoms with Crippen LogP contribution in [0.25, 0.3) is 0 Å². The summed E-state index contributed by atoms with van der Waals surface area (Å²) in [6.07, 6.45) is 8.72. The lowest BCUT2D eigenvalue weighted by Gasteiger charge is -2.51. The molecule has 1 saturated heterocycles. The molecule has 2 amide bonds. The van der Waals surface area contributed by atoms with Crippen molar-refractivity contribution in [3.8, 4) is 0 Å². The zero-order valence-electron chi connectivity index (χ0n) is 20.3. The van der Waals surface area contributed by atoms with E-state index in [9.17, 15) is 13.2 Å². The molecule has 34 heavy (non-hydrogen) atoms. The fourth-order valence-corrected chi connectivity index (χ4v) is 6.42. The second-order valence-electron chi connectivity index (χ2n) is 10.6. The van der Waals surface area contributed by atoms with E-state index >= 15 is 0 Å². The van der Waals surface area contributed by atoms with Gasteiger partial charge in [-0.1, -0.05) is 30.3 Å². The van der Waals surface area contributed by atoms with Crippen LogP contribution in [0.1, 0.15) is 44.1 Å². The minimum absolute atomic E-state index is 0.00331. The standard InChI is InChI=1S/C26H34N4O3S/c1-28(2)26(21-7-5-4-6-8-21)15-13-25(14-16-26)19-29(24(31)30(25)18-20-9-10-20)23-12-11-22(17-27-23)34(3,32)33/h4-8,11-12,17,20H,9-10,13-16,18-19H2,1-3H3/t25-,26+. The van der Waals surface area contributed by atoms with E-state index in [1.807, 2.05) is 0 Å². The number of carbonyl (C=O) groups is 1. The minimum Gasteiger partial charge on any atom is -0.317 e. The SMILES string of the molecule is CN(C)[C@]1(c2ccccc2)CC[C@]2(CC1)CN(c1ccc(S(C)(=O)=O)cn1)C(=O)N2CC1CC1. The van der Waals surface area contributed by atoms with Crippen molar-refractivity contribution in [3.63, 3.8) is 0 Å². The molecule has 2 saturated carbocycles. The molecule has 182 valence electrons. The van der Waals surface area contributed by atoms with Gasteiger partial charge in [0.1, 0.15) is 5.82 Å². The van der Waals surface area contributed by atoms with Gasteiger partial charge in [-0.05, 0) is 76.2 Å². The number of hydrogen-bond donors (Lipinski definition) is 0. The maximum atomic E-state index is 13.7. The van der Waals surface area contributed by atoms with Gasteiger partial charge in [-0.25, -0.2) is 18.2 Å². The summed E-state index contributed by atoms with van der Waals surface area (Å²) in [7, 11) is 0.988. The van der Waals surface area contributed by atoms with Crippen molar-refractivity contribution in [3.05, 3.63) is 54.2 Å². The first-order chi connectivity index (χ1) is 16.1. The van der Waals surface area contributed by atoms with Gasteiger partial charge in [0, 0.05) is 24.5 Å². The number of sulfone groups is 1. The van der Waals surface area contributed by atoms with Gasteiger partial charge in [0.25, 0.3) is 0 Å². The highest BCUT2D eigenvalue weighted by Gasteiger charge is 2.55. The summed E-state index contributed by atoms with van der Waals surface area (Å²) >= 11 is 0. The molecule has 0 N–H and O–H groups in total. The Bertz CT molecular complexity index is 1150. The molecule has 2 aromatic rings. The molecule has 7 nitrogen and oxygen atoms in total. The van der Waals surface area contributed by atoms with Crippen LogP contribution in [0.2, 0.25) is 0 Å². The monoisotopic (exact) mass is 482 g/mol. The van der Waals surface area contributed by atoms with Crippen LogP contribution in [0, 0.1) is 5.92 Å². The van der Waals surface area contributed by atoms with Crippen LogP contribution in [0.3, 0.4) is 0 Å². The van der Waals surface area contributed by atoms with Crippen LogP contribution < -0.4 is 4.90 Å². The van der Waals surface area contributed by atoms with E-state index in [-0.39, 0.29) is 22.0 Å². The maximum Gasteiger partial charge on any atom is 0.326 e. The second kappa shape index (κ2) is 8.34. The molecule has 3 aliphatic rings. The highest BCUT2D eigenvalue weighted by atomic mass is 32.2. The molecule has 3 fully saturated rings. The number of hydrogen-bond acceptors (Lipinski definition) is 5. The van der Waals surface area contributed by atoms with Crippen LogP contribution in [0.15, 0.2) is 53.6 Å². The number of urea groups is 1. The van der Waals surface area contributed by atoms with E-state index in [4.69, 9.17) is 0 Å². The Morgan fingerprint density at radius 3 is 2.24 bits per heavy atom. The van der Waals surface area contributed by atoms with Crippen LogP contribution in [0.5, 0.6) is 0 Å². The Balaban J connectivity index is 1.44. The average molecular weight is 483 g/mol. The minimum atomic E-state index is -3.33. The van der Waals surface area contributed by atoms with Crippen LogP contribution >= 0.6 is 0 Å². The number of carbonyl (C=O) groups excluding carboxylic acids is 1. The third-order valence-electron chi connectivity index (χ3n) is 8.23. The van der Waals surface area contributed by atoms with E-state index in [1.165, 1.54) is 30.9 Å². The van der Waals surface area contributed by atoms with Crippen LogP contribution in [-0.4, -0.2) is 68.2 Å². The summed E-state index contributed by atoms with van der Waals surface area (Å²) < 4.78 is 23.7. The maximum absolute atomic E-state index is 13.7. The van der Waals surface area contributed by atoms with Crippen molar-refractivity contribution in [2.45, 2.75) is 54.5 Å². The summed E-state index contributed by atoms with van der Waals surface area (Å²) in [5, 5.41) is 0. The molecule has 2 heterocycles. The lowest BCUT2D eigenvalue weighted by molar-refractivity contribution is 0.0249. The highest BCUT2D eigenvalue weighted by Crippen LogP contribution is 2.50. The third kappa shape index (κ3) is 4.01. The summed E-state index contributed by atoms with van der Waals surface area (Å²) in [5.41, 5.74) is 1.08. The fraction of sp³-hybridized carbons (Fsp3) is 0.538. The molecule has 1 aromatic carbocycles. The number of anilines is 1. The van der Waals surface area contributed by atoms with Crippen molar-refractivity contribution in [1.82, 2.24) is 14.8 Å². The normalized spacial score (nSPS) is 27.7. The van der Waals surface area contributed by atoms with Crippen molar-refractivity contribution in [1.29, 1.82) is 0 Å². The predicted octanol–water partition coefficient (Wildman–Crippen LogP) is 3.91. The van der Waals surface area contributed by atoms with Gasteiger partial charge in [0.05, 0.1) is 17.0 Å².